The number of hydrogen-bond donors (Lipinski definition) is 3. The largest absolute Gasteiger partial charge is 0.379 e. The molecule has 0 atom stereocenters. The first-order valence-electron chi connectivity index (χ1n) is 7.10. The number of nitro benzene ring substituents is 1. The fraction of sp³-hybridized carbons (Fsp3) is 0.214. The van der Waals surface area contributed by atoms with Crippen molar-refractivity contribution in [3.63, 3.8) is 0 Å². The number of carbonyl (C=O) groups is 1. The summed E-state index contributed by atoms with van der Waals surface area (Å²) in [7, 11) is -4.03. The SMILES string of the molecule is NS(=O)(=O)c1ccc(NCCC(=O)NCc2ccsc2)c([N+](=O)[O-])c1. The molecule has 4 N–H and O–H groups in total. The number of nitro groups is 1. The Morgan fingerprint density at radius 2 is 2.08 bits per heavy atom. The molecule has 0 aliphatic rings. The van der Waals surface area contributed by atoms with E-state index in [0.717, 1.165) is 11.6 Å². The van der Waals surface area contributed by atoms with Gasteiger partial charge < -0.3 is 10.6 Å². The average Bonchev–Trinajstić information content (AvgIpc) is 3.05. The molecule has 0 saturated carbocycles. The van der Waals surface area contributed by atoms with E-state index in [9.17, 15) is 23.3 Å². The number of rotatable bonds is 8. The zero-order valence-electron chi connectivity index (χ0n) is 13.0. The van der Waals surface area contributed by atoms with Crippen LogP contribution >= 0.6 is 11.3 Å². The topological polar surface area (TPSA) is 144 Å². The van der Waals surface area contributed by atoms with Gasteiger partial charge in [-0.15, -0.1) is 0 Å². The number of carbonyl (C=O) groups excluding carboxylic acids is 1. The van der Waals surface area contributed by atoms with Gasteiger partial charge in [-0.3, -0.25) is 14.9 Å². The standard InChI is InChI=1S/C14H16N4O5S2/c15-25(22,23)11-1-2-12(13(7-11)18(20)21)16-5-3-14(19)17-8-10-4-6-24-9-10/h1-2,4,6-7,9,16H,3,5,8H2,(H,17,19)(H2,15,22,23). The van der Waals surface area contributed by atoms with Gasteiger partial charge in [0.1, 0.15) is 5.69 Å². The zero-order valence-corrected chi connectivity index (χ0v) is 14.6. The van der Waals surface area contributed by atoms with Gasteiger partial charge in [0.05, 0.1) is 9.82 Å². The summed E-state index contributed by atoms with van der Waals surface area (Å²) in [4.78, 5) is 21.8. The molecule has 1 heterocycles. The van der Waals surface area contributed by atoms with Crippen molar-refractivity contribution in [2.24, 2.45) is 5.14 Å². The normalized spacial score (nSPS) is 11.1. The number of nitrogens with one attached hydrogen (secondary N) is 2. The highest BCUT2D eigenvalue weighted by Gasteiger charge is 2.19. The van der Waals surface area contributed by atoms with Crippen molar-refractivity contribution in [2.45, 2.75) is 17.9 Å². The Morgan fingerprint density at radius 1 is 1.32 bits per heavy atom. The van der Waals surface area contributed by atoms with Gasteiger partial charge in [0.2, 0.25) is 15.9 Å². The summed E-state index contributed by atoms with van der Waals surface area (Å²) in [5, 5.41) is 25.4. The molecule has 0 unspecified atom stereocenters. The van der Waals surface area contributed by atoms with Gasteiger partial charge in [-0.25, -0.2) is 13.6 Å². The van der Waals surface area contributed by atoms with Gasteiger partial charge in [0.25, 0.3) is 5.69 Å². The number of thiophene rings is 1. The van der Waals surface area contributed by atoms with Crippen LogP contribution in [0.1, 0.15) is 12.0 Å². The van der Waals surface area contributed by atoms with E-state index >= 15 is 0 Å². The predicted molar refractivity (Wildman–Crippen MR) is 93.7 cm³/mol. The quantitative estimate of drug-likeness (QED) is 0.464. The predicted octanol–water partition coefficient (Wildman–Crippen LogP) is 1.42. The molecule has 1 aromatic heterocycles. The molecule has 0 fully saturated rings. The van der Waals surface area contributed by atoms with Crippen molar-refractivity contribution >= 4 is 38.6 Å². The van der Waals surface area contributed by atoms with E-state index in [4.69, 9.17) is 5.14 Å². The Kier molecular flexibility index (Phi) is 6.07. The summed E-state index contributed by atoms with van der Waals surface area (Å²) in [5.74, 6) is -0.206. The van der Waals surface area contributed by atoms with Gasteiger partial charge in [-0.1, -0.05) is 0 Å². The summed E-state index contributed by atoms with van der Waals surface area (Å²) in [6.07, 6.45) is 0.109. The third kappa shape index (κ3) is 5.52. The Labute approximate surface area is 148 Å². The van der Waals surface area contributed by atoms with Gasteiger partial charge in [0.15, 0.2) is 0 Å². The van der Waals surface area contributed by atoms with Crippen LogP contribution in [-0.4, -0.2) is 25.8 Å². The maximum Gasteiger partial charge on any atom is 0.293 e. The molecule has 25 heavy (non-hydrogen) atoms. The van der Waals surface area contributed by atoms with E-state index in [1.165, 1.54) is 23.5 Å². The van der Waals surface area contributed by atoms with Crippen LogP contribution in [0, 0.1) is 10.1 Å². The molecule has 2 rings (SSSR count). The highest BCUT2D eigenvalue weighted by molar-refractivity contribution is 7.89. The first kappa shape index (κ1) is 18.8. The molecule has 11 heteroatoms. The molecule has 2 aromatic rings. The number of anilines is 1. The summed E-state index contributed by atoms with van der Waals surface area (Å²) in [6, 6.07) is 5.20. The number of primary sulfonamides is 1. The van der Waals surface area contributed by atoms with Crippen LogP contribution < -0.4 is 15.8 Å². The first-order chi connectivity index (χ1) is 11.8. The van der Waals surface area contributed by atoms with Crippen molar-refractivity contribution in [3.8, 4) is 0 Å². The summed E-state index contributed by atoms with van der Waals surface area (Å²) < 4.78 is 22.5. The smallest absolute Gasteiger partial charge is 0.293 e. The fourth-order valence-corrected chi connectivity index (χ4v) is 3.18. The summed E-state index contributed by atoms with van der Waals surface area (Å²) in [6.45, 7) is 0.580. The molecule has 0 aliphatic carbocycles. The number of nitrogens with zero attached hydrogens (tertiary/aromatic N) is 1. The highest BCUT2D eigenvalue weighted by Crippen LogP contribution is 2.27. The number of sulfonamides is 1. The fourth-order valence-electron chi connectivity index (χ4n) is 1.98. The lowest BCUT2D eigenvalue weighted by Gasteiger charge is -2.08. The molecule has 1 amide bonds. The average molecular weight is 384 g/mol. The number of nitrogens with two attached hydrogens (primary N) is 1. The molecule has 134 valence electrons. The Balaban J connectivity index is 1.93. The third-order valence-corrected chi connectivity index (χ3v) is 4.87. The minimum Gasteiger partial charge on any atom is -0.379 e. The minimum absolute atomic E-state index is 0.109. The molecule has 9 nitrogen and oxygen atoms in total. The molecule has 0 aliphatic heterocycles. The molecular formula is C14H16N4O5S2. The van der Waals surface area contributed by atoms with E-state index in [2.05, 4.69) is 10.6 Å². The maximum absolute atomic E-state index is 11.8. The van der Waals surface area contributed by atoms with Crippen LogP contribution in [-0.2, 0) is 21.4 Å². The number of hydrogen-bond acceptors (Lipinski definition) is 7. The second-order valence-electron chi connectivity index (χ2n) is 5.07. The molecule has 0 spiro atoms. The van der Waals surface area contributed by atoms with E-state index in [1.54, 1.807) is 0 Å². The summed E-state index contributed by atoms with van der Waals surface area (Å²) in [5.41, 5.74) is 0.689. The Morgan fingerprint density at radius 3 is 2.68 bits per heavy atom. The molecule has 0 saturated heterocycles. The van der Waals surface area contributed by atoms with Gasteiger partial charge in [-0.2, -0.15) is 11.3 Å². The Hall–Kier alpha value is -2.50. The lowest BCUT2D eigenvalue weighted by atomic mass is 10.2. The minimum atomic E-state index is -4.03. The first-order valence-corrected chi connectivity index (χ1v) is 9.59. The number of amides is 1. The van der Waals surface area contributed by atoms with Gasteiger partial charge >= 0.3 is 0 Å². The second kappa shape index (κ2) is 8.05. The van der Waals surface area contributed by atoms with Gasteiger partial charge in [0, 0.05) is 25.6 Å². The van der Waals surface area contributed by atoms with E-state index in [0.29, 0.717) is 6.54 Å². The van der Waals surface area contributed by atoms with Crippen molar-refractivity contribution in [1.82, 2.24) is 5.32 Å². The monoisotopic (exact) mass is 384 g/mol. The van der Waals surface area contributed by atoms with E-state index in [1.807, 2.05) is 16.8 Å². The lowest BCUT2D eigenvalue weighted by Crippen LogP contribution is -2.24. The Bertz CT molecular complexity index is 865. The second-order valence-corrected chi connectivity index (χ2v) is 7.41. The van der Waals surface area contributed by atoms with Crippen LogP contribution in [0.15, 0.2) is 39.9 Å². The van der Waals surface area contributed by atoms with Crippen LogP contribution in [0.2, 0.25) is 0 Å². The van der Waals surface area contributed by atoms with Crippen molar-refractivity contribution in [2.75, 3.05) is 11.9 Å². The van der Waals surface area contributed by atoms with Crippen molar-refractivity contribution in [3.05, 3.63) is 50.7 Å². The van der Waals surface area contributed by atoms with Crippen LogP contribution in [0.3, 0.4) is 0 Å². The number of benzene rings is 1. The van der Waals surface area contributed by atoms with Crippen molar-refractivity contribution < 1.29 is 18.1 Å². The molecule has 0 radical (unpaired) electrons. The van der Waals surface area contributed by atoms with E-state index in [-0.39, 0.29) is 29.5 Å². The molecule has 0 bridgehead atoms. The summed E-state index contributed by atoms with van der Waals surface area (Å²) >= 11 is 1.53. The third-order valence-electron chi connectivity index (χ3n) is 3.23. The maximum atomic E-state index is 11.8. The van der Waals surface area contributed by atoms with Crippen LogP contribution in [0.5, 0.6) is 0 Å². The van der Waals surface area contributed by atoms with Gasteiger partial charge in [-0.05, 0) is 34.5 Å². The van der Waals surface area contributed by atoms with Crippen LogP contribution in [0.4, 0.5) is 11.4 Å². The molecule has 1 aromatic carbocycles. The zero-order chi connectivity index (χ0) is 18.4. The molecular weight excluding hydrogens is 368 g/mol. The highest BCUT2D eigenvalue weighted by atomic mass is 32.2. The van der Waals surface area contributed by atoms with Crippen LogP contribution in [0.25, 0.3) is 0 Å². The van der Waals surface area contributed by atoms with Crippen molar-refractivity contribution in [1.29, 1.82) is 0 Å². The van der Waals surface area contributed by atoms with E-state index < -0.39 is 20.6 Å². The lowest BCUT2D eigenvalue weighted by molar-refractivity contribution is -0.384.